The third-order valence-corrected chi connectivity index (χ3v) is 5.04. The normalized spacial score (nSPS) is 11.3. The maximum Gasteiger partial charge on any atom is 0.258 e. The number of ether oxygens (including phenoxy) is 1. The summed E-state index contributed by atoms with van der Waals surface area (Å²) >= 11 is 0. The Balaban J connectivity index is 1.91. The lowest BCUT2D eigenvalue weighted by Crippen LogP contribution is -2.36. The van der Waals surface area contributed by atoms with Crippen LogP contribution in [0.2, 0.25) is 0 Å². The number of benzene rings is 2. The summed E-state index contributed by atoms with van der Waals surface area (Å²) in [6.45, 7) is 6.25. The SMILES string of the molecule is COc1ccccc1NC(=NCc1c(C)nn(C)c1C)NC(=O)c1ccccc1C. The molecule has 1 aromatic heterocycles. The summed E-state index contributed by atoms with van der Waals surface area (Å²) in [5, 5.41) is 10.5. The zero-order valence-corrected chi connectivity index (χ0v) is 18.0. The van der Waals surface area contributed by atoms with Crippen LogP contribution in [0.3, 0.4) is 0 Å². The number of aliphatic imine (C=N–C) groups is 1. The summed E-state index contributed by atoms with van der Waals surface area (Å²) in [5.74, 6) is 0.772. The van der Waals surface area contributed by atoms with E-state index in [9.17, 15) is 4.79 Å². The maximum absolute atomic E-state index is 12.9. The molecule has 0 atom stereocenters. The van der Waals surface area contributed by atoms with Gasteiger partial charge in [0.05, 0.1) is 25.0 Å². The summed E-state index contributed by atoms with van der Waals surface area (Å²) in [6, 6.07) is 14.9. The minimum atomic E-state index is -0.228. The molecule has 0 saturated heterocycles. The molecule has 0 radical (unpaired) electrons. The highest BCUT2D eigenvalue weighted by molar-refractivity contribution is 6.10. The topological polar surface area (TPSA) is 80.5 Å². The lowest BCUT2D eigenvalue weighted by atomic mass is 10.1. The number of carbonyl (C=O) groups excluding carboxylic acids is 1. The molecule has 0 spiro atoms. The molecule has 7 heteroatoms. The first-order valence-corrected chi connectivity index (χ1v) is 9.71. The monoisotopic (exact) mass is 405 g/mol. The van der Waals surface area contributed by atoms with E-state index in [0.29, 0.717) is 29.5 Å². The van der Waals surface area contributed by atoms with Gasteiger partial charge < -0.3 is 10.1 Å². The maximum atomic E-state index is 12.9. The molecule has 3 aromatic rings. The molecular weight excluding hydrogens is 378 g/mol. The van der Waals surface area contributed by atoms with Gasteiger partial charge in [0.15, 0.2) is 0 Å². The fraction of sp³-hybridized carbons (Fsp3) is 0.261. The second-order valence-electron chi connectivity index (χ2n) is 7.03. The van der Waals surface area contributed by atoms with Crippen LogP contribution < -0.4 is 15.4 Å². The number of nitrogens with one attached hydrogen (secondary N) is 2. The Labute approximate surface area is 176 Å². The Hall–Kier alpha value is -3.61. The predicted molar refractivity (Wildman–Crippen MR) is 119 cm³/mol. The summed E-state index contributed by atoms with van der Waals surface area (Å²) in [4.78, 5) is 17.5. The number of hydrogen-bond acceptors (Lipinski definition) is 4. The molecule has 0 saturated carbocycles. The molecule has 0 unspecified atom stereocenters. The van der Waals surface area contributed by atoms with Gasteiger partial charge in [-0.2, -0.15) is 5.10 Å². The van der Waals surface area contributed by atoms with Crippen LogP contribution in [0.5, 0.6) is 5.75 Å². The van der Waals surface area contributed by atoms with Gasteiger partial charge in [-0.25, -0.2) is 4.99 Å². The van der Waals surface area contributed by atoms with Crippen molar-refractivity contribution in [3.05, 3.63) is 76.6 Å². The van der Waals surface area contributed by atoms with Crippen LogP contribution in [0.15, 0.2) is 53.5 Å². The molecule has 0 aliphatic rings. The standard InChI is InChI=1S/C23H27N5O2/c1-15-10-6-7-11-18(15)22(29)26-23(25-20-12-8-9-13-21(20)30-5)24-14-19-16(2)27-28(4)17(19)3/h6-13H,14H2,1-5H3,(H2,24,25,26,29). The summed E-state index contributed by atoms with van der Waals surface area (Å²) in [6.07, 6.45) is 0. The minimum absolute atomic E-state index is 0.228. The molecular formula is C23H27N5O2. The van der Waals surface area contributed by atoms with Crippen LogP contribution in [0, 0.1) is 20.8 Å². The van der Waals surface area contributed by atoms with Crippen LogP contribution in [0.25, 0.3) is 0 Å². The first kappa shape index (κ1) is 21.1. The number of guanidine groups is 1. The van der Waals surface area contributed by atoms with Crippen LogP contribution in [-0.2, 0) is 13.6 Å². The Bertz CT molecular complexity index is 1080. The lowest BCUT2D eigenvalue weighted by Gasteiger charge is -2.15. The van der Waals surface area contributed by atoms with Crippen molar-refractivity contribution in [1.29, 1.82) is 0 Å². The predicted octanol–water partition coefficient (Wildman–Crippen LogP) is 3.75. The number of nitrogens with zero attached hydrogens (tertiary/aromatic N) is 3. The van der Waals surface area contributed by atoms with E-state index in [1.165, 1.54) is 0 Å². The summed E-state index contributed by atoms with van der Waals surface area (Å²) < 4.78 is 7.25. The highest BCUT2D eigenvalue weighted by Crippen LogP contribution is 2.23. The Morgan fingerprint density at radius 3 is 2.47 bits per heavy atom. The molecule has 1 amide bonds. The number of methoxy groups -OCH3 is 1. The van der Waals surface area contributed by atoms with Gasteiger partial charge in [0.2, 0.25) is 5.96 Å². The molecule has 0 aliphatic heterocycles. The van der Waals surface area contributed by atoms with E-state index in [2.05, 4.69) is 20.7 Å². The zero-order chi connectivity index (χ0) is 21.7. The van der Waals surface area contributed by atoms with Gasteiger partial charge in [-0.1, -0.05) is 30.3 Å². The number of para-hydroxylation sites is 2. The molecule has 0 bridgehead atoms. The van der Waals surface area contributed by atoms with Crippen molar-refractivity contribution in [2.75, 3.05) is 12.4 Å². The number of rotatable bonds is 5. The van der Waals surface area contributed by atoms with Gasteiger partial charge in [0.1, 0.15) is 5.75 Å². The van der Waals surface area contributed by atoms with Gasteiger partial charge in [0.25, 0.3) is 5.91 Å². The van der Waals surface area contributed by atoms with Gasteiger partial charge in [-0.05, 0) is 44.5 Å². The van der Waals surface area contributed by atoms with E-state index in [4.69, 9.17) is 4.74 Å². The molecule has 2 aromatic carbocycles. The van der Waals surface area contributed by atoms with Crippen LogP contribution >= 0.6 is 0 Å². The minimum Gasteiger partial charge on any atom is -0.495 e. The Morgan fingerprint density at radius 2 is 1.80 bits per heavy atom. The molecule has 7 nitrogen and oxygen atoms in total. The highest BCUT2D eigenvalue weighted by atomic mass is 16.5. The Morgan fingerprint density at radius 1 is 1.10 bits per heavy atom. The van der Waals surface area contributed by atoms with Gasteiger partial charge in [-0.15, -0.1) is 0 Å². The van der Waals surface area contributed by atoms with E-state index >= 15 is 0 Å². The molecule has 30 heavy (non-hydrogen) atoms. The van der Waals surface area contributed by atoms with Crippen molar-refractivity contribution in [3.63, 3.8) is 0 Å². The average molecular weight is 406 g/mol. The lowest BCUT2D eigenvalue weighted by molar-refractivity contribution is 0.0976. The molecule has 0 fully saturated rings. The quantitative estimate of drug-likeness (QED) is 0.500. The fourth-order valence-corrected chi connectivity index (χ4v) is 3.19. The molecule has 1 heterocycles. The summed E-state index contributed by atoms with van der Waals surface area (Å²) in [7, 11) is 3.51. The van der Waals surface area contributed by atoms with E-state index in [-0.39, 0.29) is 5.91 Å². The van der Waals surface area contributed by atoms with Gasteiger partial charge in [-0.3, -0.25) is 14.8 Å². The van der Waals surface area contributed by atoms with Crippen molar-refractivity contribution >= 4 is 17.6 Å². The van der Waals surface area contributed by atoms with Crippen molar-refractivity contribution < 1.29 is 9.53 Å². The molecule has 3 rings (SSSR count). The van der Waals surface area contributed by atoms with Crippen LogP contribution in [0.4, 0.5) is 5.69 Å². The van der Waals surface area contributed by atoms with Crippen molar-refractivity contribution in [2.24, 2.45) is 12.0 Å². The number of aryl methyl sites for hydroxylation is 3. The third-order valence-electron chi connectivity index (χ3n) is 5.04. The first-order chi connectivity index (χ1) is 14.4. The van der Waals surface area contributed by atoms with E-state index in [1.807, 2.05) is 75.0 Å². The second kappa shape index (κ2) is 9.26. The van der Waals surface area contributed by atoms with Gasteiger partial charge >= 0.3 is 0 Å². The van der Waals surface area contributed by atoms with E-state index < -0.39 is 0 Å². The largest absolute Gasteiger partial charge is 0.495 e. The number of aromatic nitrogens is 2. The van der Waals surface area contributed by atoms with Crippen molar-refractivity contribution in [1.82, 2.24) is 15.1 Å². The van der Waals surface area contributed by atoms with Crippen LogP contribution in [-0.4, -0.2) is 28.8 Å². The van der Waals surface area contributed by atoms with E-state index in [0.717, 1.165) is 22.5 Å². The number of amides is 1. The second-order valence-corrected chi connectivity index (χ2v) is 7.03. The van der Waals surface area contributed by atoms with Gasteiger partial charge in [0, 0.05) is 23.9 Å². The average Bonchev–Trinajstić information content (AvgIpc) is 2.98. The number of carbonyl (C=O) groups is 1. The summed E-state index contributed by atoms with van der Waals surface area (Å²) in [5.41, 5.74) is 5.19. The van der Waals surface area contributed by atoms with E-state index in [1.54, 1.807) is 13.2 Å². The number of hydrogen-bond donors (Lipinski definition) is 2. The zero-order valence-electron chi connectivity index (χ0n) is 18.0. The number of anilines is 1. The highest BCUT2D eigenvalue weighted by Gasteiger charge is 2.14. The fourth-order valence-electron chi connectivity index (χ4n) is 3.19. The van der Waals surface area contributed by atoms with Crippen molar-refractivity contribution in [3.8, 4) is 5.75 Å². The van der Waals surface area contributed by atoms with Crippen LogP contribution in [0.1, 0.15) is 32.9 Å². The third kappa shape index (κ3) is 4.68. The molecule has 156 valence electrons. The first-order valence-electron chi connectivity index (χ1n) is 9.71. The molecule has 2 N–H and O–H groups in total. The Kier molecular flexibility index (Phi) is 6.51. The van der Waals surface area contributed by atoms with Crippen molar-refractivity contribution in [2.45, 2.75) is 27.3 Å². The molecule has 0 aliphatic carbocycles. The smallest absolute Gasteiger partial charge is 0.258 e.